The van der Waals surface area contributed by atoms with Crippen molar-refractivity contribution in [1.82, 2.24) is 0 Å². The van der Waals surface area contributed by atoms with Gasteiger partial charge >= 0.3 is 0 Å². The highest BCUT2D eigenvalue weighted by atomic mass is 28.3. The van der Waals surface area contributed by atoms with Crippen LogP contribution in [0.4, 0.5) is 0 Å². The first-order valence-corrected chi connectivity index (χ1v) is 9.03. The Labute approximate surface area is 82.9 Å². The van der Waals surface area contributed by atoms with Gasteiger partial charge in [-0.05, 0) is 25.3 Å². The first-order valence-electron chi connectivity index (χ1n) is 5.33. The van der Waals surface area contributed by atoms with Crippen LogP contribution in [0.2, 0.25) is 25.7 Å². The Hall–Kier alpha value is -0.0831. The van der Waals surface area contributed by atoms with Crippen LogP contribution in [0.5, 0.6) is 0 Å². The molecule has 0 fully saturated rings. The van der Waals surface area contributed by atoms with Crippen LogP contribution in [0.25, 0.3) is 0 Å². The highest BCUT2D eigenvalue weighted by molar-refractivity contribution is 6.76. The molecule has 0 saturated carbocycles. The summed E-state index contributed by atoms with van der Waals surface area (Å²) in [5, 5.41) is 9.23. The fourth-order valence-electron chi connectivity index (χ4n) is 2.04. The van der Waals surface area contributed by atoms with E-state index in [4.69, 9.17) is 0 Å². The summed E-state index contributed by atoms with van der Waals surface area (Å²) in [5.74, 6) is 0.487. The van der Waals surface area contributed by atoms with Gasteiger partial charge in [0.15, 0.2) is 0 Å². The van der Waals surface area contributed by atoms with Crippen molar-refractivity contribution in [2.45, 2.75) is 44.9 Å². The molecule has 1 aliphatic rings. The Morgan fingerprint density at radius 1 is 1.46 bits per heavy atom. The lowest BCUT2D eigenvalue weighted by molar-refractivity contribution is 0.233. The van der Waals surface area contributed by atoms with Gasteiger partial charge in [-0.25, -0.2) is 0 Å². The summed E-state index contributed by atoms with van der Waals surface area (Å²) in [7, 11) is -0.982. The van der Waals surface area contributed by atoms with Gasteiger partial charge in [-0.15, -0.1) is 0 Å². The minimum absolute atomic E-state index is 0.357. The van der Waals surface area contributed by atoms with Crippen LogP contribution in [0.3, 0.4) is 0 Å². The molecular formula is C11H22OSi. The molecule has 0 aromatic heterocycles. The van der Waals surface area contributed by atoms with Gasteiger partial charge in [0, 0.05) is 20.6 Å². The maximum absolute atomic E-state index is 9.23. The fourth-order valence-corrected chi connectivity index (χ4v) is 3.70. The summed E-state index contributed by atoms with van der Waals surface area (Å²) >= 11 is 0. The molecule has 0 bridgehead atoms. The molecule has 1 atom stereocenters. The number of aliphatic hydroxyl groups is 1. The average Bonchev–Trinajstić information content (AvgIpc) is 2.02. The molecule has 1 N–H and O–H groups in total. The Bertz CT molecular complexity index is 191. The molecule has 0 aliphatic heterocycles. The third-order valence-corrected chi connectivity index (χ3v) is 4.11. The van der Waals surface area contributed by atoms with Crippen LogP contribution in [-0.2, 0) is 0 Å². The van der Waals surface area contributed by atoms with Gasteiger partial charge in [0.25, 0.3) is 0 Å². The monoisotopic (exact) mass is 198 g/mol. The second kappa shape index (κ2) is 4.42. The van der Waals surface area contributed by atoms with Crippen molar-refractivity contribution >= 4 is 8.07 Å². The smallest absolute Gasteiger partial charge is 0.0496 e. The highest BCUT2D eigenvalue weighted by Gasteiger charge is 2.22. The van der Waals surface area contributed by atoms with Gasteiger partial charge in [-0.3, -0.25) is 0 Å². The second-order valence-corrected chi connectivity index (χ2v) is 10.8. The zero-order valence-electron chi connectivity index (χ0n) is 9.14. The lowest BCUT2D eigenvalue weighted by Crippen LogP contribution is -2.24. The lowest BCUT2D eigenvalue weighted by atomic mass is 9.89. The molecule has 2 heteroatoms. The summed E-state index contributed by atoms with van der Waals surface area (Å²) in [6.07, 6.45) is 6.08. The Morgan fingerprint density at radius 3 is 2.69 bits per heavy atom. The molecule has 1 unspecified atom stereocenters. The van der Waals surface area contributed by atoms with E-state index in [-0.39, 0.29) is 0 Å². The predicted molar refractivity (Wildman–Crippen MR) is 60.7 cm³/mol. The van der Waals surface area contributed by atoms with Crippen molar-refractivity contribution in [3.63, 3.8) is 0 Å². The van der Waals surface area contributed by atoms with E-state index >= 15 is 0 Å². The van der Waals surface area contributed by atoms with Crippen LogP contribution in [0.1, 0.15) is 19.3 Å². The van der Waals surface area contributed by atoms with E-state index in [1.54, 1.807) is 5.57 Å². The molecule has 1 nitrogen and oxygen atoms in total. The summed E-state index contributed by atoms with van der Waals surface area (Å²) in [6, 6.07) is 1.28. The average molecular weight is 198 g/mol. The van der Waals surface area contributed by atoms with E-state index in [1.165, 1.54) is 25.3 Å². The Morgan fingerprint density at radius 2 is 2.15 bits per heavy atom. The quantitative estimate of drug-likeness (QED) is 0.546. The third kappa shape index (κ3) is 3.65. The van der Waals surface area contributed by atoms with Crippen LogP contribution < -0.4 is 0 Å². The van der Waals surface area contributed by atoms with Crippen LogP contribution in [-0.4, -0.2) is 19.8 Å². The maximum atomic E-state index is 9.23. The van der Waals surface area contributed by atoms with Gasteiger partial charge in [-0.1, -0.05) is 31.3 Å². The van der Waals surface area contributed by atoms with Gasteiger partial charge in [0.05, 0.1) is 0 Å². The molecule has 0 amide bonds. The molecule has 0 spiro atoms. The number of rotatable bonds is 3. The van der Waals surface area contributed by atoms with Gasteiger partial charge < -0.3 is 5.11 Å². The topological polar surface area (TPSA) is 20.2 Å². The maximum Gasteiger partial charge on any atom is 0.0496 e. The minimum Gasteiger partial charge on any atom is -0.396 e. The number of hydrogen-bond donors (Lipinski definition) is 1. The molecule has 0 radical (unpaired) electrons. The summed E-state index contributed by atoms with van der Waals surface area (Å²) in [5.41, 5.74) is 1.55. The molecule has 1 rings (SSSR count). The fraction of sp³-hybridized carbons (Fsp3) is 0.818. The van der Waals surface area contributed by atoms with Crippen LogP contribution in [0.15, 0.2) is 11.6 Å². The Kier molecular flexibility index (Phi) is 3.74. The number of hydrogen-bond acceptors (Lipinski definition) is 1. The molecule has 76 valence electrons. The third-order valence-electron chi connectivity index (χ3n) is 2.64. The van der Waals surface area contributed by atoms with Gasteiger partial charge in [0.1, 0.15) is 0 Å². The molecule has 0 saturated heterocycles. The molecule has 0 aromatic carbocycles. The van der Waals surface area contributed by atoms with Crippen LogP contribution >= 0.6 is 0 Å². The minimum atomic E-state index is -0.982. The molecular weight excluding hydrogens is 176 g/mol. The van der Waals surface area contributed by atoms with Gasteiger partial charge in [0.2, 0.25) is 0 Å². The summed E-state index contributed by atoms with van der Waals surface area (Å²) in [4.78, 5) is 0. The SMILES string of the molecule is C[Si](C)(C)CC1=CCCCC1CO. The van der Waals surface area contributed by atoms with E-state index in [2.05, 4.69) is 25.7 Å². The molecule has 13 heavy (non-hydrogen) atoms. The summed E-state index contributed by atoms with van der Waals surface area (Å²) < 4.78 is 0. The van der Waals surface area contributed by atoms with E-state index < -0.39 is 8.07 Å². The van der Waals surface area contributed by atoms with Crippen molar-refractivity contribution in [3.8, 4) is 0 Å². The van der Waals surface area contributed by atoms with Crippen molar-refractivity contribution in [3.05, 3.63) is 11.6 Å². The predicted octanol–water partition coefficient (Wildman–Crippen LogP) is 3.04. The van der Waals surface area contributed by atoms with E-state index in [0.29, 0.717) is 12.5 Å². The summed E-state index contributed by atoms with van der Waals surface area (Å²) in [6.45, 7) is 7.56. The molecule has 0 aromatic rings. The van der Waals surface area contributed by atoms with Crippen molar-refractivity contribution in [1.29, 1.82) is 0 Å². The second-order valence-electron chi connectivity index (χ2n) is 5.33. The zero-order valence-corrected chi connectivity index (χ0v) is 10.1. The largest absolute Gasteiger partial charge is 0.396 e. The van der Waals surface area contributed by atoms with Gasteiger partial charge in [-0.2, -0.15) is 0 Å². The van der Waals surface area contributed by atoms with Crippen molar-refractivity contribution < 1.29 is 5.11 Å². The van der Waals surface area contributed by atoms with E-state index in [0.717, 1.165) is 0 Å². The molecule has 1 aliphatic carbocycles. The first-order chi connectivity index (χ1) is 6.03. The first kappa shape index (κ1) is 11.0. The molecule has 0 heterocycles. The standard InChI is InChI=1S/C11H22OSi/c1-13(2,3)9-11-7-5-4-6-10(11)8-12/h7,10,12H,4-6,8-9H2,1-3H3. The zero-order chi connectivity index (χ0) is 9.90. The van der Waals surface area contributed by atoms with Crippen molar-refractivity contribution in [2.24, 2.45) is 5.92 Å². The van der Waals surface area contributed by atoms with E-state index in [1.807, 2.05) is 0 Å². The lowest BCUT2D eigenvalue weighted by Gasteiger charge is -2.27. The number of aliphatic hydroxyl groups excluding tert-OH is 1. The number of allylic oxidation sites excluding steroid dienone is 1. The van der Waals surface area contributed by atoms with Crippen LogP contribution in [0, 0.1) is 5.92 Å². The highest BCUT2D eigenvalue weighted by Crippen LogP contribution is 2.30. The normalized spacial score (nSPS) is 24.3. The van der Waals surface area contributed by atoms with E-state index in [9.17, 15) is 5.11 Å². The van der Waals surface area contributed by atoms with Crippen molar-refractivity contribution in [2.75, 3.05) is 6.61 Å². The Balaban J connectivity index is 2.60.